The summed E-state index contributed by atoms with van der Waals surface area (Å²) in [4.78, 5) is 28.9. The normalized spacial score (nSPS) is 13.6. The number of nitrogens with one attached hydrogen (secondary N) is 1. The molecule has 0 aliphatic heterocycles. The third-order valence-electron chi connectivity index (χ3n) is 4.79. The number of esters is 1. The number of aromatic hydroxyl groups is 1. The first-order chi connectivity index (χ1) is 15.2. The van der Waals surface area contributed by atoms with Crippen LogP contribution in [-0.4, -0.2) is 47.3 Å². The SMILES string of the molecule is CCC[C@@H](Oc1ccc(C)cc1Cl)[C@H](C)OC(=O)[C@H](C)NC(=O)c1nccc(OC)c1O. The maximum Gasteiger partial charge on any atom is 0.328 e. The van der Waals surface area contributed by atoms with Crippen LogP contribution in [0.25, 0.3) is 0 Å². The number of hydrogen-bond acceptors (Lipinski definition) is 7. The number of hydrogen-bond donors (Lipinski definition) is 2. The van der Waals surface area contributed by atoms with Gasteiger partial charge in [0.2, 0.25) is 0 Å². The molecule has 0 saturated heterocycles. The van der Waals surface area contributed by atoms with Crippen molar-refractivity contribution in [2.45, 2.75) is 58.8 Å². The van der Waals surface area contributed by atoms with Gasteiger partial charge in [-0.25, -0.2) is 9.78 Å². The van der Waals surface area contributed by atoms with Crippen molar-refractivity contribution in [3.8, 4) is 17.2 Å². The van der Waals surface area contributed by atoms with Gasteiger partial charge in [0.1, 0.15) is 24.0 Å². The highest BCUT2D eigenvalue weighted by Gasteiger charge is 2.27. The highest BCUT2D eigenvalue weighted by Crippen LogP contribution is 2.29. The molecular formula is C23H29ClN2O6. The number of pyridine rings is 1. The van der Waals surface area contributed by atoms with Crippen LogP contribution in [0.5, 0.6) is 17.2 Å². The first kappa shape index (κ1) is 25.3. The highest BCUT2D eigenvalue weighted by molar-refractivity contribution is 6.32. The van der Waals surface area contributed by atoms with Crippen LogP contribution >= 0.6 is 11.6 Å². The van der Waals surface area contributed by atoms with Crippen molar-refractivity contribution in [1.82, 2.24) is 10.3 Å². The van der Waals surface area contributed by atoms with E-state index in [4.69, 9.17) is 25.8 Å². The van der Waals surface area contributed by atoms with Gasteiger partial charge in [-0.2, -0.15) is 0 Å². The van der Waals surface area contributed by atoms with E-state index in [1.807, 2.05) is 19.9 Å². The second kappa shape index (κ2) is 11.6. The van der Waals surface area contributed by atoms with E-state index >= 15 is 0 Å². The number of halogens is 1. The van der Waals surface area contributed by atoms with Crippen molar-refractivity contribution in [2.75, 3.05) is 7.11 Å². The monoisotopic (exact) mass is 464 g/mol. The van der Waals surface area contributed by atoms with Crippen LogP contribution < -0.4 is 14.8 Å². The molecule has 32 heavy (non-hydrogen) atoms. The maximum atomic E-state index is 12.6. The predicted molar refractivity (Wildman–Crippen MR) is 120 cm³/mol. The summed E-state index contributed by atoms with van der Waals surface area (Å²) in [5.41, 5.74) is 0.758. The van der Waals surface area contributed by atoms with Gasteiger partial charge in [-0.1, -0.05) is 31.0 Å². The molecule has 2 rings (SSSR count). The Morgan fingerprint density at radius 3 is 2.56 bits per heavy atom. The van der Waals surface area contributed by atoms with E-state index in [-0.39, 0.29) is 11.4 Å². The molecule has 0 radical (unpaired) electrons. The van der Waals surface area contributed by atoms with Crippen molar-refractivity contribution in [2.24, 2.45) is 0 Å². The lowest BCUT2D eigenvalue weighted by molar-refractivity contribution is -0.154. The van der Waals surface area contributed by atoms with Crippen LogP contribution in [0.4, 0.5) is 0 Å². The van der Waals surface area contributed by atoms with Crippen LogP contribution in [0, 0.1) is 6.92 Å². The number of carbonyl (C=O) groups is 2. The van der Waals surface area contributed by atoms with Gasteiger partial charge in [-0.05, 0) is 44.9 Å². The number of amides is 1. The van der Waals surface area contributed by atoms with E-state index in [1.54, 1.807) is 19.1 Å². The number of aromatic nitrogens is 1. The minimum Gasteiger partial charge on any atom is -0.503 e. The summed E-state index contributed by atoms with van der Waals surface area (Å²) >= 11 is 6.27. The lowest BCUT2D eigenvalue weighted by Crippen LogP contribution is -2.43. The molecule has 0 spiro atoms. The van der Waals surface area contributed by atoms with E-state index in [0.29, 0.717) is 17.2 Å². The minimum atomic E-state index is -0.984. The molecule has 2 aromatic rings. The van der Waals surface area contributed by atoms with E-state index in [2.05, 4.69) is 10.3 Å². The number of rotatable bonds is 10. The largest absolute Gasteiger partial charge is 0.503 e. The third kappa shape index (κ3) is 6.50. The van der Waals surface area contributed by atoms with E-state index in [9.17, 15) is 14.7 Å². The van der Waals surface area contributed by atoms with Gasteiger partial charge in [-0.15, -0.1) is 0 Å². The standard InChI is InChI=1S/C23H29ClN2O6/c1-6-7-17(32-18-9-8-13(2)12-16(18)24)15(4)31-23(29)14(3)26-22(28)20-21(27)19(30-5)10-11-25-20/h8-12,14-15,17,27H,6-7H2,1-5H3,(H,26,28)/t14-,15-,17+/m0/s1. The molecule has 1 amide bonds. The lowest BCUT2D eigenvalue weighted by Gasteiger charge is -2.26. The zero-order valence-electron chi connectivity index (χ0n) is 18.8. The molecule has 0 aliphatic rings. The number of nitrogens with zero attached hydrogens (tertiary/aromatic N) is 1. The van der Waals surface area contributed by atoms with E-state index in [0.717, 1.165) is 12.0 Å². The summed E-state index contributed by atoms with van der Waals surface area (Å²) in [6, 6.07) is 5.91. The summed E-state index contributed by atoms with van der Waals surface area (Å²) in [6.07, 6.45) is 1.75. The number of aryl methyl sites for hydroxylation is 1. The summed E-state index contributed by atoms with van der Waals surface area (Å²) < 4.78 is 16.5. The molecule has 9 heteroatoms. The van der Waals surface area contributed by atoms with Crippen LogP contribution in [-0.2, 0) is 9.53 Å². The first-order valence-electron chi connectivity index (χ1n) is 10.3. The van der Waals surface area contributed by atoms with Crippen LogP contribution in [0.1, 0.15) is 49.7 Å². The Balaban J connectivity index is 2.02. The lowest BCUT2D eigenvalue weighted by atomic mass is 10.1. The zero-order valence-corrected chi connectivity index (χ0v) is 19.6. The van der Waals surface area contributed by atoms with Gasteiger partial charge in [0.15, 0.2) is 17.2 Å². The Labute approximate surface area is 192 Å². The van der Waals surface area contributed by atoms with Crippen LogP contribution in [0.3, 0.4) is 0 Å². The predicted octanol–water partition coefficient (Wildman–Crippen LogP) is 4.06. The maximum absolute atomic E-state index is 12.6. The molecule has 0 unspecified atom stereocenters. The van der Waals surface area contributed by atoms with Gasteiger partial charge in [-0.3, -0.25) is 4.79 Å². The summed E-state index contributed by atoms with van der Waals surface area (Å²) in [5, 5.41) is 13.0. The first-order valence-corrected chi connectivity index (χ1v) is 10.7. The molecule has 0 saturated carbocycles. The molecule has 8 nitrogen and oxygen atoms in total. The fraction of sp³-hybridized carbons (Fsp3) is 0.435. The number of ether oxygens (including phenoxy) is 3. The Morgan fingerprint density at radius 1 is 1.22 bits per heavy atom. The van der Waals surface area contributed by atoms with Gasteiger partial charge in [0, 0.05) is 12.3 Å². The fourth-order valence-corrected chi connectivity index (χ4v) is 3.27. The minimum absolute atomic E-state index is 0.100. The quantitative estimate of drug-likeness (QED) is 0.510. The fourth-order valence-electron chi connectivity index (χ4n) is 2.99. The number of benzene rings is 1. The average molecular weight is 465 g/mol. The van der Waals surface area contributed by atoms with Crippen LogP contribution in [0.15, 0.2) is 30.5 Å². The molecule has 0 fully saturated rings. The van der Waals surface area contributed by atoms with E-state index < -0.39 is 35.9 Å². The number of carbonyl (C=O) groups excluding carboxylic acids is 2. The topological polar surface area (TPSA) is 107 Å². The summed E-state index contributed by atoms with van der Waals surface area (Å²) in [6.45, 7) is 7.14. The van der Waals surface area contributed by atoms with Crippen LogP contribution in [0.2, 0.25) is 5.02 Å². The van der Waals surface area contributed by atoms with Crippen molar-refractivity contribution >= 4 is 23.5 Å². The Bertz CT molecular complexity index is 952. The summed E-state index contributed by atoms with van der Waals surface area (Å²) in [7, 11) is 1.36. The van der Waals surface area contributed by atoms with Gasteiger partial charge < -0.3 is 24.6 Å². The number of methoxy groups -OCH3 is 1. The molecular weight excluding hydrogens is 436 g/mol. The highest BCUT2D eigenvalue weighted by atomic mass is 35.5. The average Bonchev–Trinajstić information content (AvgIpc) is 2.74. The zero-order chi connectivity index (χ0) is 23.8. The second-order valence-electron chi connectivity index (χ2n) is 7.43. The smallest absolute Gasteiger partial charge is 0.328 e. The molecule has 1 heterocycles. The van der Waals surface area contributed by atoms with Gasteiger partial charge >= 0.3 is 5.97 Å². The molecule has 1 aromatic heterocycles. The van der Waals surface area contributed by atoms with Crippen molar-refractivity contribution in [1.29, 1.82) is 0 Å². The Hall–Kier alpha value is -3.00. The van der Waals surface area contributed by atoms with Gasteiger partial charge in [0.05, 0.1) is 12.1 Å². The van der Waals surface area contributed by atoms with Crippen molar-refractivity contribution in [3.05, 3.63) is 46.7 Å². The molecule has 3 atom stereocenters. The molecule has 0 aliphatic carbocycles. The Morgan fingerprint density at radius 2 is 1.94 bits per heavy atom. The summed E-state index contributed by atoms with van der Waals surface area (Å²) in [5.74, 6) is -1.17. The van der Waals surface area contributed by atoms with E-state index in [1.165, 1.54) is 26.3 Å². The second-order valence-corrected chi connectivity index (χ2v) is 7.83. The molecule has 0 bridgehead atoms. The van der Waals surface area contributed by atoms with Gasteiger partial charge in [0.25, 0.3) is 5.91 Å². The Kier molecular flexibility index (Phi) is 9.13. The molecule has 2 N–H and O–H groups in total. The van der Waals surface area contributed by atoms with Crippen molar-refractivity contribution in [3.63, 3.8) is 0 Å². The molecule has 174 valence electrons. The molecule has 1 aromatic carbocycles. The third-order valence-corrected chi connectivity index (χ3v) is 5.08. The van der Waals surface area contributed by atoms with Crippen molar-refractivity contribution < 1.29 is 28.9 Å².